The first-order valence-electron chi connectivity index (χ1n) is 9.62. The smallest absolute Gasteiger partial charge is 0.341 e. The van der Waals surface area contributed by atoms with E-state index in [0.29, 0.717) is 22.5 Å². The number of amides is 1. The van der Waals surface area contributed by atoms with Crippen LogP contribution in [-0.2, 0) is 22.4 Å². The third-order valence-electron chi connectivity index (χ3n) is 4.93. The minimum Gasteiger partial charge on any atom is -0.481 e. The van der Waals surface area contributed by atoms with Gasteiger partial charge in [0.15, 0.2) is 18.2 Å². The van der Waals surface area contributed by atoms with Gasteiger partial charge >= 0.3 is 5.97 Å². The van der Waals surface area contributed by atoms with Crippen LogP contribution >= 0.6 is 11.3 Å². The number of carbonyl (C=O) groups is 2. The highest BCUT2D eigenvalue weighted by Crippen LogP contribution is 2.40. The summed E-state index contributed by atoms with van der Waals surface area (Å²) in [6.07, 6.45) is 3.69. The Kier molecular flexibility index (Phi) is 6.84. The summed E-state index contributed by atoms with van der Waals surface area (Å²) in [6.45, 7) is 3.64. The van der Waals surface area contributed by atoms with Crippen molar-refractivity contribution in [3.63, 3.8) is 0 Å². The van der Waals surface area contributed by atoms with Gasteiger partial charge in [-0.2, -0.15) is 0 Å². The van der Waals surface area contributed by atoms with Gasteiger partial charge < -0.3 is 14.8 Å². The molecule has 1 heterocycles. The second-order valence-electron chi connectivity index (χ2n) is 6.86. The largest absolute Gasteiger partial charge is 0.481 e. The molecule has 0 spiro atoms. The minimum absolute atomic E-state index is 0.219. The predicted octanol–water partition coefficient (Wildman–Crippen LogP) is 4.74. The van der Waals surface area contributed by atoms with Crippen LogP contribution < -0.4 is 10.1 Å². The number of hydrogen-bond acceptors (Lipinski definition) is 5. The summed E-state index contributed by atoms with van der Waals surface area (Å²) in [5.41, 5.74) is 1.35. The van der Waals surface area contributed by atoms with Crippen molar-refractivity contribution >= 4 is 28.2 Å². The number of hydrogen-bond donors (Lipinski definition) is 1. The Morgan fingerprint density at radius 2 is 2.07 bits per heavy atom. The number of ether oxygens (including phenoxy) is 2. The molecule has 1 amide bonds. The molecule has 1 atom stereocenters. The second-order valence-corrected chi connectivity index (χ2v) is 7.96. The van der Waals surface area contributed by atoms with E-state index in [1.807, 2.05) is 0 Å². The second kappa shape index (κ2) is 9.35. The quantitative estimate of drug-likeness (QED) is 0.654. The monoisotopic (exact) mass is 423 g/mol. The zero-order chi connectivity index (χ0) is 21.0. The summed E-state index contributed by atoms with van der Waals surface area (Å²) in [5, 5.41) is 3.13. The molecule has 29 heavy (non-hydrogen) atoms. The summed E-state index contributed by atoms with van der Waals surface area (Å²) in [5.74, 6) is -2.27. The molecule has 5 nitrogen and oxygen atoms in total. The first-order chi connectivity index (χ1) is 13.9. The highest BCUT2D eigenvalue weighted by Gasteiger charge is 2.29. The van der Waals surface area contributed by atoms with E-state index in [4.69, 9.17) is 9.47 Å². The van der Waals surface area contributed by atoms with Crippen LogP contribution in [0.4, 0.5) is 13.8 Å². The molecule has 2 aromatic rings. The molecule has 1 aromatic carbocycles. The topological polar surface area (TPSA) is 64.6 Å². The van der Waals surface area contributed by atoms with Crippen molar-refractivity contribution in [3.8, 4) is 5.75 Å². The van der Waals surface area contributed by atoms with Crippen molar-refractivity contribution in [1.29, 1.82) is 0 Å². The Labute approximate surface area is 172 Å². The fourth-order valence-electron chi connectivity index (χ4n) is 3.41. The van der Waals surface area contributed by atoms with E-state index in [9.17, 15) is 18.4 Å². The lowest BCUT2D eigenvalue weighted by atomic mass is 9.85. The number of nitrogens with one attached hydrogen (secondary N) is 1. The molecule has 1 aliphatic rings. The summed E-state index contributed by atoms with van der Waals surface area (Å²) in [4.78, 5) is 25.9. The number of anilines is 1. The van der Waals surface area contributed by atoms with E-state index in [2.05, 4.69) is 12.2 Å². The standard InChI is InChI=1S/C21H23F2NO4S/c1-3-12-5-7-14-17(9-12)29-20(19(14)21(26)27-4-2)24-18(25)11-28-16-8-6-13(22)10-15(16)23/h6,8,10,12H,3-5,7,9,11H2,1-2H3,(H,24,25). The summed E-state index contributed by atoms with van der Waals surface area (Å²) in [7, 11) is 0. The normalized spacial score (nSPS) is 15.5. The van der Waals surface area contributed by atoms with Crippen molar-refractivity contribution < 1.29 is 27.8 Å². The maximum Gasteiger partial charge on any atom is 0.341 e. The zero-order valence-electron chi connectivity index (χ0n) is 16.3. The molecular weight excluding hydrogens is 400 g/mol. The lowest BCUT2D eigenvalue weighted by Gasteiger charge is -2.20. The highest BCUT2D eigenvalue weighted by molar-refractivity contribution is 7.17. The fourth-order valence-corrected chi connectivity index (χ4v) is 4.77. The van der Waals surface area contributed by atoms with Gasteiger partial charge in [0.05, 0.1) is 12.2 Å². The van der Waals surface area contributed by atoms with Gasteiger partial charge in [0, 0.05) is 10.9 Å². The molecule has 1 unspecified atom stereocenters. The van der Waals surface area contributed by atoms with Crippen molar-refractivity contribution in [1.82, 2.24) is 0 Å². The van der Waals surface area contributed by atoms with Gasteiger partial charge in [-0.1, -0.05) is 13.3 Å². The Bertz CT molecular complexity index is 912. The van der Waals surface area contributed by atoms with E-state index < -0.39 is 30.1 Å². The van der Waals surface area contributed by atoms with Crippen LogP contribution in [0.2, 0.25) is 0 Å². The third kappa shape index (κ3) is 4.93. The maximum atomic E-state index is 13.7. The van der Waals surface area contributed by atoms with Gasteiger partial charge in [0.1, 0.15) is 10.8 Å². The number of halogens is 2. The molecule has 0 fully saturated rings. The van der Waals surface area contributed by atoms with Gasteiger partial charge in [-0.3, -0.25) is 4.79 Å². The molecule has 0 saturated carbocycles. The van der Waals surface area contributed by atoms with Crippen LogP contribution in [0.1, 0.15) is 47.5 Å². The van der Waals surface area contributed by atoms with Gasteiger partial charge in [-0.25, -0.2) is 13.6 Å². The first-order valence-corrected chi connectivity index (χ1v) is 10.4. The SMILES string of the molecule is CCOC(=O)c1c(NC(=O)COc2ccc(F)cc2F)sc2c1CCC(CC)C2. The third-order valence-corrected chi connectivity index (χ3v) is 6.10. The molecule has 0 aliphatic heterocycles. The molecule has 1 aliphatic carbocycles. The van der Waals surface area contributed by atoms with Crippen LogP contribution in [0, 0.1) is 17.6 Å². The van der Waals surface area contributed by atoms with E-state index in [1.165, 1.54) is 11.3 Å². The van der Waals surface area contributed by atoms with Crippen molar-refractivity contribution in [2.24, 2.45) is 5.92 Å². The molecular formula is C21H23F2NO4S. The fraction of sp³-hybridized carbons (Fsp3) is 0.429. The van der Waals surface area contributed by atoms with Gasteiger partial charge in [0.25, 0.3) is 5.91 Å². The first kappa shape index (κ1) is 21.2. The molecule has 1 N–H and O–H groups in total. The predicted molar refractivity (Wildman–Crippen MR) is 107 cm³/mol. The van der Waals surface area contributed by atoms with Crippen LogP contribution in [-0.4, -0.2) is 25.1 Å². The summed E-state index contributed by atoms with van der Waals surface area (Å²) < 4.78 is 36.9. The number of esters is 1. The van der Waals surface area contributed by atoms with Crippen molar-refractivity contribution in [2.75, 3.05) is 18.5 Å². The Balaban J connectivity index is 1.75. The zero-order valence-corrected chi connectivity index (χ0v) is 17.2. The number of fused-ring (bicyclic) bond motifs is 1. The number of rotatable bonds is 7. The average Bonchev–Trinajstić information content (AvgIpc) is 3.04. The maximum absolute atomic E-state index is 13.7. The molecule has 8 heteroatoms. The van der Waals surface area contributed by atoms with Gasteiger partial charge in [0.2, 0.25) is 0 Å². The van der Waals surface area contributed by atoms with E-state index in [0.717, 1.165) is 48.3 Å². The van der Waals surface area contributed by atoms with Gasteiger partial charge in [-0.05, 0) is 49.8 Å². The van der Waals surface area contributed by atoms with Gasteiger partial charge in [-0.15, -0.1) is 11.3 Å². The van der Waals surface area contributed by atoms with Crippen LogP contribution in [0.3, 0.4) is 0 Å². The van der Waals surface area contributed by atoms with E-state index >= 15 is 0 Å². The lowest BCUT2D eigenvalue weighted by Crippen LogP contribution is -2.22. The van der Waals surface area contributed by atoms with Crippen LogP contribution in [0.15, 0.2) is 18.2 Å². The van der Waals surface area contributed by atoms with Crippen LogP contribution in [0.5, 0.6) is 5.75 Å². The van der Waals surface area contributed by atoms with E-state index in [1.54, 1.807) is 6.92 Å². The molecule has 0 radical (unpaired) electrons. The minimum atomic E-state index is -0.887. The Morgan fingerprint density at radius 3 is 2.76 bits per heavy atom. The lowest BCUT2D eigenvalue weighted by molar-refractivity contribution is -0.118. The van der Waals surface area contributed by atoms with E-state index in [-0.39, 0.29) is 12.4 Å². The molecule has 1 aromatic heterocycles. The summed E-state index contributed by atoms with van der Waals surface area (Å²) in [6, 6.07) is 2.85. The highest BCUT2D eigenvalue weighted by atomic mass is 32.1. The van der Waals surface area contributed by atoms with Crippen LogP contribution in [0.25, 0.3) is 0 Å². The van der Waals surface area contributed by atoms with Crippen molar-refractivity contribution in [2.45, 2.75) is 39.5 Å². The molecule has 156 valence electrons. The van der Waals surface area contributed by atoms with Crippen molar-refractivity contribution in [3.05, 3.63) is 45.8 Å². The Morgan fingerprint density at radius 1 is 1.28 bits per heavy atom. The molecule has 0 bridgehead atoms. The summed E-state index contributed by atoms with van der Waals surface area (Å²) >= 11 is 1.38. The Hall–Kier alpha value is -2.48. The number of benzene rings is 1. The number of carbonyl (C=O) groups excluding carboxylic acids is 2. The number of thiophene rings is 1. The average molecular weight is 423 g/mol. The molecule has 0 saturated heterocycles. The molecule has 3 rings (SSSR count).